The van der Waals surface area contributed by atoms with Crippen molar-refractivity contribution in [3.8, 4) is 0 Å². The van der Waals surface area contributed by atoms with Crippen LogP contribution in [0.5, 0.6) is 0 Å². The number of nitrogens with zero attached hydrogens (tertiary/aromatic N) is 2. The van der Waals surface area contributed by atoms with E-state index in [-0.39, 0.29) is 17.5 Å². The van der Waals surface area contributed by atoms with Crippen molar-refractivity contribution in [2.75, 3.05) is 13.6 Å². The molecule has 1 aromatic heterocycles. The highest BCUT2D eigenvalue weighted by Crippen LogP contribution is 2.07. The number of rotatable bonds is 3. The van der Waals surface area contributed by atoms with Crippen molar-refractivity contribution in [3.05, 3.63) is 22.1 Å². The van der Waals surface area contributed by atoms with Crippen molar-refractivity contribution < 1.29 is 4.79 Å². The first-order chi connectivity index (χ1) is 7.49. The van der Waals surface area contributed by atoms with Crippen LogP contribution in [0, 0.1) is 0 Å². The van der Waals surface area contributed by atoms with Crippen molar-refractivity contribution in [2.45, 2.75) is 33.1 Å². The number of hydrogen-bond donors (Lipinski definition) is 1. The number of aromatic nitrogens is 2. The molecule has 0 aromatic carbocycles. The Hall–Kier alpha value is -1.52. The van der Waals surface area contributed by atoms with Gasteiger partial charge in [-0.25, -0.2) is 4.79 Å². The maximum absolute atomic E-state index is 11.8. The SMILES string of the molecule is CCCN(C)C(=O)n1[nH]cc(C(C)C)c1=O. The normalized spacial score (nSPS) is 10.8. The predicted molar refractivity (Wildman–Crippen MR) is 62.9 cm³/mol. The topological polar surface area (TPSA) is 58.1 Å². The van der Waals surface area contributed by atoms with Crippen LogP contribution >= 0.6 is 0 Å². The van der Waals surface area contributed by atoms with Crippen LogP contribution in [0.3, 0.4) is 0 Å². The van der Waals surface area contributed by atoms with Crippen LogP contribution < -0.4 is 5.56 Å². The zero-order valence-corrected chi connectivity index (χ0v) is 10.3. The Balaban J connectivity index is 2.97. The number of nitrogens with one attached hydrogen (secondary N) is 1. The lowest BCUT2D eigenvalue weighted by Crippen LogP contribution is -2.38. The Morgan fingerprint density at radius 1 is 1.56 bits per heavy atom. The molecule has 0 unspecified atom stereocenters. The third kappa shape index (κ3) is 2.35. The molecule has 0 saturated heterocycles. The van der Waals surface area contributed by atoms with Gasteiger partial charge in [-0.05, 0) is 12.3 Å². The van der Waals surface area contributed by atoms with E-state index in [1.54, 1.807) is 13.2 Å². The smallest absolute Gasteiger partial charge is 0.326 e. The maximum atomic E-state index is 11.8. The van der Waals surface area contributed by atoms with E-state index in [9.17, 15) is 9.59 Å². The molecule has 0 spiro atoms. The molecular weight excluding hydrogens is 206 g/mol. The first kappa shape index (κ1) is 12.5. The summed E-state index contributed by atoms with van der Waals surface area (Å²) in [5.41, 5.74) is 0.390. The minimum Gasteiger partial charge on any atom is -0.326 e. The third-order valence-corrected chi connectivity index (χ3v) is 2.50. The second-order valence-corrected chi connectivity index (χ2v) is 4.23. The molecule has 1 aromatic rings. The minimum absolute atomic E-state index is 0.120. The Morgan fingerprint density at radius 3 is 2.62 bits per heavy atom. The first-order valence-corrected chi connectivity index (χ1v) is 5.54. The van der Waals surface area contributed by atoms with Crippen molar-refractivity contribution in [1.29, 1.82) is 0 Å². The van der Waals surface area contributed by atoms with Gasteiger partial charge in [0.2, 0.25) is 0 Å². The van der Waals surface area contributed by atoms with Crippen molar-refractivity contribution in [1.82, 2.24) is 14.7 Å². The van der Waals surface area contributed by atoms with Gasteiger partial charge in [-0.3, -0.25) is 9.89 Å². The van der Waals surface area contributed by atoms with Crippen LogP contribution in [0.25, 0.3) is 0 Å². The van der Waals surface area contributed by atoms with Crippen LogP contribution in [-0.2, 0) is 0 Å². The van der Waals surface area contributed by atoms with Crippen molar-refractivity contribution >= 4 is 6.03 Å². The van der Waals surface area contributed by atoms with Gasteiger partial charge in [-0.15, -0.1) is 0 Å². The van der Waals surface area contributed by atoms with E-state index in [0.717, 1.165) is 11.1 Å². The second kappa shape index (κ2) is 5.01. The monoisotopic (exact) mass is 225 g/mol. The summed E-state index contributed by atoms with van der Waals surface area (Å²) < 4.78 is 1.06. The Bertz CT molecular complexity index is 417. The summed E-state index contributed by atoms with van der Waals surface area (Å²) >= 11 is 0. The van der Waals surface area contributed by atoms with Crippen molar-refractivity contribution in [3.63, 3.8) is 0 Å². The van der Waals surface area contributed by atoms with Gasteiger partial charge in [-0.1, -0.05) is 20.8 Å². The number of carbonyl (C=O) groups is 1. The van der Waals surface area contributed by atoms with Crippen LogP contribution in [0.1, 0.15) is 38.7 Å². The van der Waals surface area contributed by atoms with Gasteiger partial charge in [-0.2, -0.15) is 4.68 Å². The van der Waals surface area contributed by atoms with Crippen molar-refractivity contribution in [2.24, 2.45) is 0 Å². The molecule has 1 amide bonds. The molecule has 0 aliphatic carbocycles. The molecule has 1 N–H and O–H groups in total. The summed E-state index contributed by atoms with van der Waals surface area (Å²) in [7, 11) is 1.69. The van der Waals surface area contributed by atoms with E-state index < -0.39 is 0 Å². The zero-order valence-electron chi connectivity index (χ0n) is 10.3. The fourth-order valence-corrected chi connectivity index (χ4v) is 1.54. The molecule has 0 saturated carbocycles. The lowest BCUT2D eigenvalue weighted by atomic mass is 10.1. The van der Waals surface area contributed by atoms with Gasteiger partial charge in [0, 0.05) is 25.4 Å². The van der Waals surface area contributed by atoms with Gasteiger partial charge in [0.05, 0.1) is 0 Å². The van der Waals surface area contributed by atoms with E-state index >= 15 is 0 Å². The minimum atomic E-state index is -0.307. The van der Waals surface area contributed by atoms with E-state index in [4.69, 9.17) is 0 Å². The molecule has 1 heterocycles. The quantitative estimate of drug-likeness (QED) is 0.849. The molecule has 16 heavy (non-hydrogen) atoms. The Kier molecular flexibility index (Phi) is 3.93. The highest BCUT2D eigenvalue weighted by Gasteiger charge is 2.17. The van der Waals surface area contributed by atoms with Crippen LogP contribution in [0.15, 0.2) is 11.0 Å². The molecule has 0 atom stereocenters. The predicted octanol–water partition coefficient (Wildman–Crippen LogP) is 1.61. The van der Waals surface area contributed by atoms with Crippen LogP contribution in [0.2, 0.25) is 0 Å². The van der Waals surface area contributed by atoms with Gasteiger partial charge in [0.25, 0.3) is 5.56 Å². The third-order valence-electron chi connectivity index (χ3n) is 2.50. The van der Waals surface area contributed by atoms with Gasteiger partial charge in [0.1, 0.15) is 0 Å². The van der Waals surface area contributed by atoms with Gasteiger partial charge >= 0.3 is 6.03 Å². The van der Waals surface area contributed by atoms with E-state index in [2.05, 4.69) is 5.10 Å². The first-order valence-electron chi connectivity index (χ1n) is 5.54. The molecule has 0 aliphatic rings. The molecular formula is C11H19N3O2. The van der Waals surface area contributed by atoms with E-state index in [1.165, 1.54) is 4.90 Å². The summed E-state index contributed by atoms with van der Waals surface area (Å²) in [5.74, 6) is 0.120. The molecule has 0 fully saturated rings. The summed E-state index contributed by atoms with van der Waals surface area (Å²) in [6.45, 7) is 6.48. The fraction of sp³-hybridized carbons (Fsp3) is 0.636. The van der Waals surface area contributed by atoms with Gasteiger partial charge in [0.15, 0.2) is 0 Å². The molecule has 1 rings (SSSR count). The molecule has 5 nitrogen and oxygen atoms in total. The Morgan fingerprint density at radius 2 is 2.19 bits per heavy atom. The molecule has 5 heteroatoms. The summed E-state index contributed by atoms with van der Waals surface area (Å²) in [5, 5.41) is 2.71. The van der Waals surface area contributed by atoms with E-state index in [1.807, 2.05) is 20.8 Å². The number of hydrogen-bond acceptors (Lipinski definition) is 2. The number of H-pyrrole nitrogens is 1. The average molecular weight is 225 g/mol. The molecule has 0 radical (unpaired) electrons. The number of carbonyl (C=O) groups excluding carboxylic acids is 1. The zero-order chi connectivity index (χ0) is 12.3. The number of aromatic amines is 1. The average Bonchev–Trinajstić information content (AvgIpc) is 2.59. The number of amides is 1. The molecule has 0 aliphatic heterocycles. The van der Waals surface area contributed by atoms with Gasteiger partial charge < -0.3 is 4.90 Å². The summed E-state index contributed by atoms with van der Waals surface area (Å²) in [6, 6.07) is -0.307. The Labute approximate surface area is 95.0 Å². The molecule has 0 bridgehead atoms. The van der Waals surface area contributed by atoms with E-state index in [0.29, 0.717) is 12.1 Å². The highest BCUT2D eigenvalue weighted by molar-refractivity contribution is 5.75. The van der Waals surface area contributed by atoms with Crippen LogP contribution in [-0.4, -0.2) is 34.3 Å². The highest BCUT2D eigenvalue weighted by atomic mass is 16.2. The standard InChI is InChI=1S/C11H19N3O2/c1-5-6-13(4)11(16)14-10(15)9(7-12-14)8(2)3/h7-8,12H,5-6H2,1-4H3. The van der Waals surface area contributed by atoms with Crippen LogP contribution in [0.4, 0.5) is 4.79 Å². The summed E-state index contributed by atoms with van der Waals surface area (Å²) in [6.07, 6.45) is 2.47. The second-order valence-electron chi connectivity index (χ2n) is 4.23. The fourth-order valence-electron chi connectivity index (χ4n) is 1.54. The lowest BCUT2D eigenvalue weighted by molar-refractivity contribution is 0.206. The summed E-state index contributed by atoms with van der Waals surface area (Å²) in [4.78, 5) is 25.2. The molecule has 90 valence electrons. The lowest BCUT2D eigenvalue weighted by Gasteiger charge is -2.15. The largest absolute Gasteiger partial charge is 0.345 e. The maximum Gasteiger partial charge on any atom is 0.345 e.